The predicted octanol–water partition coefficient (Wildman–Crippen LogP) is 4.04. The largest absolute Gasteiger partial charge is 0.472 e. The lowest BCUT2D eigenvalue weighted by atomic mass is 10.2. The first kappa shape index (κ1) is 13.0. The third kappa shape index (κ3) is 2.46. The zero-order valence-electron chi connectivity index (χ0n) is 11.7. The smallest absolute Gasteiger partial charge is 0.232 e. The van der Waals surface area contributed by atoms with Gasteiger partial charge < -0.3 is 4.74 Å². The maximum atomic E-state index is 5.78. The molecule has 0 fully saturated rings. The van der Waals surface area contributed by atoms with Gasteiger partial charge in [0.15, 0.2) is 5.65 Å². The third-order valence-electron chi connectivity index (χ3n) is 3.38. The number of benzene rings is 1. The molecule has 0 atom stereocenters. The van der Waals surface area contributed by atoms with Crippen LogP contribution < -0.4 is 4.74 Å². The molecule has 0 aliphatic carbocycles. The molecule has 4 rings (SSSR count). The molecule has 3 aromatic heterocycles. The first-order valence-electron chi connectivity index (χ1n) is 6.94. The molecule has 0 unspecified atom stereocenters. The van der Waals surface area contributed by atoms with Crippen LogP contribution in [0.1, 0.15) is 5.56 Å². The van der Waals surface area contributed by atoms with E-state index in [4.69, 9.17) is 4.74 Å². The van der Waals surface area contributed by atoms with E-state index in [1.807, 2.05) is 58.6 Å². The molecule has 4 nitrogen and oxygen atoms in total. The van der Waals surface area contributed by atoms with Crippen LogP contribution in [0.4, 0.5) is 0 Å². The second kappa shape index (κ2) is 5.61. The molecule has 0 aliphatic rings. The number of ether oxygens (including phenoxy) is 1. The average molecular weight is 307 g/mol. The summed E-state index contributed by atoms with van der Waals surface area (Å²) in [5, 5.41) is 8.67. The zero-order valence-corrected chi connectivity index (χ0v) is 12.5. The Morgan fingerprint density at radius 3 is 2.77 bits per heavy atom. The van der Waals surface area contributed by atoms with E-state index >= 15 is 0 Å². The summed E-state index contributed by atoms with van der Waals surface area (Å²) in [5.74, 6) is 0.589. The molecule has 5 heteroatoms. The van der Waals surface area contributed by atoms with Crippen molar-refractivity contribution in [1.29, 1.82) is 0 Å². The Balaban J connectivity index is 1.64. The minimum atomic E-state index is 0.502. The number of rotatable bonds is 4. The van der Waals surface area contributed by atoms with Crippen LogP contribution in [0.5, 0.6) is 5.88 Å². The van der Waals surface area contributed by atoms with Gasteiger partial charge in [0, 0.05) is 17.0 Å². The van der Waals surface area contributed by atoms with Crippen molar-refractivity contribution < 1.29 is 4.74 Å². The molecule has 0 aliphatic heterocycles. The second-order valence-corrected chi connectivity index (χ2v) is 5.65. The van der Waals surface area contributed by atoms with Crippen molar-refractivity contribution in [2.45, 2.75) is 6.61 Å². The summed E-state index contributed by atoms with van der Waals surface area (Å²) >= 11 is 1.66. The normalized spacial score (nSPS) is 10.9. The Labute approximate surface area is 131 Å². The molecule has 4 aromatic rings. The molecular weight excluding hydrogens is 294 g/mol. The van der Waals surface area contributed by atoms with Crippen LogP contribution in [0.3, 0.4) is 0 Å². The fourth-order valence-electron chi connectivity index (χ4n) is 2.27. The molecule has 0 saturated heterocycles. The lowest BCUT2D eigenvalue weighted by molar-refractivity contribution is 0.289. The summed E-state index contributed by atoms with van der Waals surface area (Å²) in [4.78, 5) is 4.38. The number of hydrogen-bond donors (Lipinski definition) is 0. The van der Waals surface area contributed by atoms with Gasteiger partial charge in [0.05, 0.1) is 11.9 Å². The van der Waals surface area contributed by atoms with E-state index in [0.29, 0.717) is 12.5 Å². The van der Waals surface area contributed by atoms with E-state index in [9.17, 15) is 0 Å². The highest BCUT2D eigenvalue weighted by molar-refractivity contribution is 7.08. The molecule has 0 spiro atoms. The van der Waals surface area contributed by atoms with Gasteiger partial charge >= 0.3 is 0 Å². The van der Waals surface area contributed by atoms with Gasteiger partial charge in [0.2, 0.25) is 5.88 Å². The highest BCUT2D eigenvalue weighted by Crippen LogP contribution is 2.23. The quantitative estimate of drug-likeness (QED) is 0.571. The fourth-order valence-corrected chi connectivity index (χ4v) is 2.92. The van der Waals surface area contributed by atoms with Crippen molar-refractivity contribution in [2.24, 2.45) is 0 Å². The molecule has 3 heterocycles. The van der Waals surface area contributed by atoms with Crippen LogP contribution in [0.2, 0.25) is 0 Å². The van der Waals surface area contributed by atoms with Crippen LogP contribution in [0.25, 0.3) is 16.9 Å². The maximum absolute atomic E-state index is 5.78. The van der Waals surface area contributed by atoms with Gasteiger partial charge in [-0.3, -0.25) is 0 Å². The van der Waals surface area contributed by atoms with E-state index < -0.39 is 0 Å². The number of fused-ring (bicyclic) bond motifs is 1. The number of thiophene rings is 1. The van der Waals surface area contributed by atoms with Gasteiger partial charge in [-0.25, -0.2) is 9.50 Å². The molecule has 0 radical (unpaired) electrons. The van der Waals surface area contributed by atoms with Crippen LogP contribution in [-0.4, -0.2) is 14.6 Å². The van der Waals surface area contributed by atoms with Gasteiger partial charge in [-0.2, -0.15) is 11.3 Å². The van der Waals surface area contributed by atoms with Crippen LogP contribution >= 0.6 is 11.3 Å². The van der Waals surface area contributed by atoms with E-state index in [-0.39, 0.29) is 0 Å². The molecule has 22 heavy (non-hydrogen) atoms. The first-order valence-corrected chi connectivity index (χ1v) is 7.88. The summed E-state index contributed by atoms with van der Waals surface area (Å²) in [7, 11) is 0. The molecular formula is C17H13N3OS. The standard InChI is InChI=1S/C17H13N3OS/c1-2-4-13(5-3-1)11-21-17-7-6-16-18-10-15(20(16)19-17)14-8-9-22-12-14/h1-10,12H,11H2. The SMILES string of the molecule is c1ccc(COc2ccc3ncc(-c4ccsc4)n3n2)cc1. The van der Waals surface area contributed by atoms with Crippen LogP contribution in [0.15, 0.2) is 65.5 Å². The maximum Gasteiger partial charge on any atom is 0.232 e. The predicted molar refractivity (Wildman–Crippen MR) is 87.1 cm³/mol. The van der Waals surface area contributed by atoms with Gasteiger partial charge in [0.1, 0.15) is 6.61 Å². The van der Waals surface area contributed by atoms with Crippen LogP contribution in [0, 0.1) is 0 Å². The Kier molecular flexibility index (Phi) is 3.33. The molecule has 0 saturated carbocycles. The van der Waals surface area contributed by atoms with Gasteiger partial charge in [0.25, 0.3) is 0 Å². The van der Waals surface area contributed by atoms with Crippen molar-refractivity contribution in [2.75, 3.05) is 0 Å². The summed E-state index contributed by atoms with van der Waals surface area (Å²) in [6, 6.07) is 15.9. The summed E-state index contributed by atoms with van der Waals surface area (Å²) < 4.78 is 7.61. The zero-order chi connectivity index (χ0) is 14.8. The highest BCUT2D eigenvalue weighted by atomic mass is 32.1. The van der Waals surface area contributed by atoms with Gasteiger partial charge in [-0.05, 0) is 23.1 Å². The average Bonchev–Trinajstić information content (AvgIpc) is 3.22. The number of aromatic nitrogens is 3. The van der Waals surface area contributed by atoms with Crippen LogP contribution in [-0.2, 0) is 6.61 Å². The summed E-state index contributed by atoms with van der Waals surface area (Å²) in [6.07, 6.45) is 1.84. The molecule has 0 bridgehead atoms. The van der Waals surface area contributed by atoms with Gasteiger partial charge in [-0.1, -0.05) is 30.3 Å². The van der Waals surface area contributed by atoms with E-state index in [2.05, 4.69) is 21.5 Å². The molecule has 0 amide bonds. The Morgan fingerprint density at radius 2 is 1.95 bits per heavy atom. The van der Waals surface area contributed by atoms with Crippen molar-refractivity contribution in [3.05, 3.63) is 71.1 Å². The summed E-state index contributed by atoms with van der Waals surface area (Å²) in [6.45, 7) is 0.502. The van der Waals surface area contributed by atoms with E-state index in [1.165, 1.54) is 0 Å². The third-order valence-corrected chi connectivity index (χ3v) is 4.07. The first-order chi connectivity index (χ1) is 10.9. The fraction of sp³-hybridized carbons (Fsp3) is 0.0588. The molecule has 0 N–H and O–H groups in total. The number of nitrogens with zero attached hydrogens (tertiary/aromatic N) is 3. The Bertz CT molecular complexity index is 885. The molecule has 108 valence electrons. The topological polar surface area (TPSA) is 39.4 Å². The Hall–Kier alpha value is -2.66. The minimum absolute atomic E-state index is 0.502. The monoisotopic (exact) mass is 307 g/mol. The van der Waals surface area contributed by atoms with Crippen molar-refractivity contribution in [3.8, 4) is 17.1 Å². The number of hydrogen-bond acceptors (Lipinski definition) is 4. The van der Waals surface area contributed by atoms with E-state index in [0.717, 1.165) is 22.5 Å². The lowest BCUT2D eigenvalue weighted by Crippen LogP contribution is -2.01. The van der Waals surface area contributed by atoms with E-state index in [1.54, 1.807) is 11.3 Å². The minimum Gasteiger partial charge on any atom is -0.472 e. The lowest BCUT2D eigenvalue weighted by Gasteiger charge is -2.06. The highest BCUT2D eigenvalue weighted by Gasteiger charge is 2.08. The Morgan fingerprint density at radius 1 is 1.05 bits per heavy atom. The summed E-state index contributed by atoms with van der Waals surface area (Å²) in [5.41, 5.74) is 4.02. The van der Waals surface area contributed by atoms with Crippen molar-refractivity contribution in [1.82, 2.24) is 14.6 Å². The van der Waals surface area contributed by atoms with Crippen molar-refractivity contribution in [3.63, 3.8) is 0 Å². The van der Waals surface area contributed by atoms with Crippen molar-refractivity contribution >= 4 is 17.0 Å². The second-order valence-electron chi connectivity index (χ2n) is 4.87. The molecule has 1 aromatic carbocycles. The number of imidazole rings is 1. The van der Waals surface area contributed by atoms with Gasteiger partial charge in [-0.15, -0.1) is 5.10 Å².